The number of hydrogen-bond acceptors (Lipinski definition) is 2. The fourth-order valence-corrected chi connectivity index (χ4v) is 8.19. The molecule has 0 aliphatic heterocycles. The van der Waals surface area contributed by atoms with Crippen LogP contribution >= 0.6 is 0 Å². The molecule has 0 spiro atoms. The monoisotopic (exact) mass is 400 g/mol. The first kappa shape index (κ1) is 21.6. The molecular formula is C27H44O2. The number of rotatable bonds is 4. The summed E-state index contributed by atoms with van der Waals surface area (Å²) in [6.45, 7) is 11.7. The van der Waals surface area contributed by atoms with Crippen LogP contribution in [0.15, 0.2) is 23.8 Å². The standard InChI is InChI=1S/C27H44O2/c1-17(2)25(29)11-6-18(3)22-9-10-23-21-8-7-19-16-20(28)12-14-26(19,4)24(21)13-15-27(22,23)5/h6-7,11,17-18,20-25,28-29H,8-10,12-16H2,1-5H3/b11-6+/t18-,20+,21+,22-,23+,24+,25?,26+,27-/m1/s1. The SMILES string of the molecule is CC(C)C(O)/C=C/[C@@H](C)[C@H]1CC[C@H]2[C@@H]3CC=C4C[C@@H](O)CC[C@]4(C)[C@H]3CC[C@]12C. The quantitative estimate of drug-likeness (QED) is 0.557. The maximum absolute atomic E-state index is 10.2. The van der Waals surface area contributed by atoms with Gasteiger partial charge in [-0.3, -0.25) is 0 Å². The largest absolute Gasteiger partial charge is 0.393 e. The van der Waals surface area contributed by atoms with E-state index in [1.54, 1.807) is 5.57 Å². The van der Waals surface area contributed by atoms with Crippen LogP contribution in [0.4, 0.5) is 0 Å². The van der Waals surface area contributed by atoms with Gasteiger partial charge in [0.25, 0.3) is 0 Å². The van der Waals surface area contributed by atoms with Crippen molar-refractivity contribution < 1.29 is 10.2 Å². The highest BCUT2D eigenvalue weighted by molar-refractivity contribution is 5.25. The van der Waals surface area contributed by atoms with E-state index in [9.17, 15) is 10.2 Å². The Kier molecular flexibility index (Phi) is 5.84. The van der Waals surface area contributed by atoms with Gasteiger partial charge in [0.15, 0.2) is 0 Å². The molecule has 0 bridgehead atoms. The molecule has 4 rings (SSSR count). The predicted octanol–water partition coefficient (Wildman–Crippen LogP) is 6.14. The molecule has 2 N–H and O–H groups in total. The number of aliphatic hydroxyl groups is 2. The average molecular weight is 401 g/mol. The third-order valence-electron chi connectivity index (χ3n) is 10.1. The summed E-state index contributed by atoms with van der Waals surface area (Å²) in [5.74, 6) is 4.08. The molecular weight excluding hydrogens is 356 g/mol. The van der Waals surface area contributed by atoms with Crippen LogP contribution in [0.3, 0.4) is 0 Å². The predicted molar refractivity (Wildman–Crippen MR) is 120 cm³/mol. The van der Waals surface area contributed by atoms with Crippen LogP contribution in [0.2, 0.25) is 0 Å². The number of fused-ring (bicyclic) bond motifs is 5. The van der Waals surface area contributed by atoms with Gasteiger partial charge in [-0.1, -0.05) is 58.4 Å². The molecule has 1 unspecified atom stereocenters. The van der Waals surface area contributed by atoms with Crippen molar-refractivity contribution in [3.05, 3.63) is 23.8 Å². The molecule has 2 nitrogen and oxygen atoms in total. The van der Waals surface area contributed by atoms with Crippen molar-refractivity contribution in [1.29, 1.82) is 0 Å². The van der Waals surface area contributed by atoms with Crippen LogP contribution < -0.4 is 0 Å². The molecule has 0 radical (unpaired) electrons. The van der Waals surface area contributed by atoms with E-state index in [1.807, 2.05) is 0 Å². The summed E-state index contributed by atoms with van der Waals surface area (Å²) in [6.07, 6.45) is 16.3. The number of hydrogen-bond donors (Lipinski definition) is 2. The topological polar surface area (TPSA) is 40.5 Å². The molecule has 2 heteroatoms. The van der Waals surface area contributed by atoms with Gasteiger partial charge < -0.3 is 10.2 Å². The molecule has 0 heterocycles. The van der Waals surface area contributed by atoms with Crippen LogP contribution in [0.5, 0.6) is 0 Å². The van der Waals surface area contributed by atoms with E-state index in [-0.39, 0.29) is 12.2 Å². The van der Waals surface area contributed by atoms with Crippen LogP contribution in [-0.2, 0) is 0 Å². The van der Waals surface area contributed by atoms with Crippen LogP contribution in [-0.4, -0.2) is 22.4 Å². The summed E-state index contributed by atoms with van der Waals surface area (Å²) in [7, 11) is 0. The van der Waals surface area contributed by atoms with Gasteiger partial charge in [-0.05, 0) is 97.7 Å². The highest BCUT2D eigenvalue weighted by Gasteiger charge is 2.58. The van der Waals surface area contributed by atoms with Crippen molar-refractivity contribution in [2.24, 2.45) is 46.3 Å². The fourth-order valence-electron chi connectivity index (χ4n) is 8.19. The lowest BCUT2D eigenvalue weighted by atomic mass is 9.47. The molecule has 0 saturated heterocycles. The number of allylic oxidation sites excluding steroid dienone is 2. The van der Waals surface area contributed by atoms with Gasteiger partial charge in [0.1, 0.15) is 0 Å². The van der Waals surface area contributed by atoms with E-state index >= 15 is 0 Å². The second-order valence-electron chi connectivity index (χ2n) is 11.9. The van der Waals surface area contributed by atoms with Crippen LogP contribution in [0.25, 0.3) is 0 Å². The molecule has 0 aromatic rings. The van der Waals surface area contributed by atoms with Crippen molar-refractivity contribution in [2.75, 3.05) is 0 Å². The Morgan fingerprint density at radius 2 is 1.76 bits per heavy atom. The third kappa shape index (κ3) is 3.57. The van der Waals surface area contributed by atoms with Gasteiger partial charge in [-0.25, -0.2) is 0 Å². The first-order valence-corrected chi connectivity index (χ1v) is 12.4. The summed E-state index contributed by atoms with van der Waals surface area (Å²) in [6, 6.07) is 0. The van der Waals surface area contributed by atoms with E-state index in [0.29, 0.717) is 22.7 Å². The highest BCUT2D eigenvalue weighted by atomic mass is 16.3. The van der Waals surface area contributed by atoms with E-state index in [1.165, 1.54) is 38.5 Å². The van der Waals surface area contributed by atoms with E-state index in [2.05, 4.69) is 52.8 Å². The Morgan fingerprint density at radius 3 is 2.48 bits per heavy atom. The normalized spacial score (nSPS) is 46.8. The molecule has 9 atom stereocenters. The Hall–Kier alpha value is -0.600. The zero-order valence-corrected chi connectivity index (χ0v) is 19.4. The molecule has 0 amide bonds. The third-order valence-corrected chi connectivity index (χ3v) is 10.1. The van der Waals surface area contributed by atoms with E-state index < -0.39 is 0 Å². The minimum Gasteiger partial charge on any atom is -0.393 e. The minimum atomic E-state index is -0.318. The zero-order valence-electron chi connectivity index (χ0n) is 19.4. The first-order chi connectivity index (χ1) is 13.7. The van der Waals surface area contributed by atoms with Crippen molar-refractivity contribution >= 4 is 0 Å². The molecule has 164 valence electrons. The Labute approximate surface area is 178 Å². The van der Waals surface area contributed by atoms with Gasteiger partial charge in [0.2, 0.25) is 0 Å². The van der Waals surface area contributed by atoms with Crippen molar-refractivity contribution in [3.63, 3.8) is 0 Å². The van der Waals surface area contributed by atoms with Gasteiger partial charge in [0, 0.05) is 0 Å². The minimum absolute atomic E-state index is 0.107. The van der Waals surface area contributed by atoms with Crippen LogP contribution in [0.1, 0.15) is 86.0 Å². The number of aliphatic hydroxyl groups excluding tert-OH is 2. The first-order valence-electron chi connectivity index (χ1n) is 12.4. The van der Waals surface area contributed by atoms with Gasteiger partial charge >= 0.3 is 0 Å². The highest BCUT2D eigenvalue weighted by Crippen LogP contribution is 2.67. The Morgan fingerprint density at radius 1 is 1.00 bits per heavy atom. The second kappa shape index (κ2) is 7.83. The molecule has 3 fully saturated rings. The molecule has 0 aromatic heterocycles. The van der Waals surface area contributed by atoms with E-state index in [4.69, 9.17) is 0 Å². The van der Waals surface area contributed by atoms with Crippen molar-refractivity contribution in [1.82, 2.24) is 0 Å². The van der Waals surface area contributed by atoms with Crippen LogP contribution in [0, 0.1) is 46.3 Å². The second-order valence-corrected chi connectivity index (χ2v) is 11.9. The summed E-state index contributed by atoms with van der Waals surface area (Å²) < 4.78 is 0. The molecule has 29 heavy (non-hydrogen) atoms. The summed E-state index contributed by atoms with van der Waals surface area (Å²) >= 11 is 0. The summed E-state index contributed by atoms with van der Waals surface area (Å²) in [4.78, 5) is 0. The molecule has 0 aromatic carbocycles. The van der Waals surface area contributed by atoms with Gasteiger partial charge in [0.05, 0.1) is 12.2 Å². The van der Waals surface area contributed by atoms with Crippen molar-refractivity contribution in [3.8, 4) is 0 Å². The lowest BCUT2D eigenvalue weighted by Crippen LogP contribution is -2.50. The zero-order chi connectivity index (χ0) is 21.0. The summed E-state index contributed by atoms with van der Waals surface area (Å²) in [5.41, 5.74) is 2.37. The Balaban J connectivity index is 1.53. The van der Waals surface area contributed by atoms with E-state index in [0.717, 1.165) is 36.5 Å². The maximum atomic E-state index is 10.2. The molecule has 4 aliphatic rings. The van der Waals surface area contributed by atoms with Crippen molar-refractivity contribution in [2.45, 2.75) is 98.2 Å². The molecule has 3 saturated carbocycles. The smallest absolute Gasteiger partial charge is 0.0743 e. The lowest BCUT2D eigenvalue weighted by Gasteiger charge is -2.58. The maximum Gasteiger partial charge on any atom is 0.0743 e. The average Bonchev–Trinajstić information content (AvgIpc) is 3.03. The summed E-state index contributed by atoms with van der Waals surface area (Å²) in [5, 5.41) is 20.4. The Bertz CT molecular complexity index is 663. The fraction of sp³-hybridized carbons (Fsp3) is 0.852. The van der Waals surface area contributed by atoms with Gasteiger partial charge in [-0.15, -0.1) is 0 Å². The lowest BCUT2D eigenvalue weighted by molar-refractivity contribution is -0.0541. The van der Waals surface area contributed by atoms with Gasteiger partial charge in [-0.2, -0.15) is 0 Å². The molecule has 4 aliphatic carbocycles.